The van der Waals surface area contributed by atoms with Gasteiger partial charge in [0.05, 0.1) is 0 Å². The normalized spacial score (nSPS) is 10.3. The number of carbonyl (C=O) groups is 1. The summed E-state index contributed by atoms with van der Waals surface area (Å²) in [4.78, 5) is 18.0. The lowest BCUT2D eigenvalue weighted by Crippen LogP contribution is -2.26. The average molecular weight is 319 g/mol. The van der Waals surface area contributed by atoms with Crippen LogP contribution >= 0.6 is 15.9 Å². The topological polar surface area (TPSA) is 33.2 Å². The summed E-state index contributed by atoms with van der Waals surface area (Å²) in [5.74, 6) is -0.0750. The Bertz CT molecular complexity index is 581. The van der Waals surface area contributed by atoms with Crippen molar-refractivity contribution in [3.05, 3.63) is 63.9 Å². The number of amides is 1. The van der Waals surface area contributed by atoms with Crippen molar-refractivity contribution in [2.45, 2.75) is 13.5 Å². The highest BCUT2D eigenvalue weighted by molar-refractivity contribution is 9.10. The van der Waals surface area contributed by atoms with Gasteiger partial charge in [0.25, 0.3) is 5.91 Å². The first kappa shape index (κ1) is 13.7. The highest BCUT2D eigenvalue weighted by Crippen LogP contribution is 2.11. The highest BCUT2D eigenvalue weighted by atomic mass is 79.9. The zero-order valence-electron chi connectivity index (χ0n) is 10.9. The monoisotopic (exact) mass is 318 g/mol. The quantitative estimate of drug-likeness (QED) is 0.868. The van der Waals surface area contributed by atoms with E-state index in [0.29, 0.717) is 12.2 Å². The van der Waals surface area contributed by atoms with Gasteiger partial charge >= 0.3 is 0 Å². The molecular weight excluding hydrogens is 304 g/mol. The van der Waals surface area contributed by atoms with E-state index in [1.807, 2.05) is 31.2 Å². The van der Waals surface area contributed by atoms with Gasteiger partial charge in [0.1, 0.15) is 5.69 Å². The lowest BCUT2D eigenvalue weighted by Gasteiger charge is -2.17. The van der Waals surface area contributed by atoms with E-state index in [1.54, 1.807) is 24.2 Å². The summed E-state index contributed by atoms with van der Waals surface area (Å²) in [5, 5.41) is 0. The summed E-state index contributed by atoms with van der Waals surface area (Å²) in [5.41, 5.74) is 2.77. The first-order valence-corrected chi connectivity index (χ1v) is 6.78. The number of hydrogen-bond donors (Lipinski definition) is 0. The molecule has 0 radical (unpaired) electrons. The van der Waals surface area contributed by atoms with Crippen LogP contribution in [-0.2, 0) is 6.54 Å². The first-order valence-electron chi connectivity index (χ1n) is 5.99. The van der Waals surface area contributed by atoms with E-state index in [4.69, 9.17) is 0 Å². The maximum absolute atomic E-state index is 12.2. The summed E-state index contributed by atoms with van der Waals surface area (Å²) in [7, 11) is 1.79. The molecule has 0 saturated heterocycles. The Balaban J connectivity index is 2.09. The molecule has 1 aromatic carbocycles. The maximum Gasteiger partial charge on any atom is 0.272 e. The molecule has 0 spiro atoms. The molecule has 1 aromatic heterocycles. The van der Waals surface area contributed by atoms with Gasteiger partial charge in [-0.1, -0.05) is 29.8 Å². The highest BCUT2D eigenvalue weighted by Gasteiger charge is 2.13. The lowest BCUT2D eigenvalue weighted by molar-refractivity contribution is 0.0779. The van der Waals surface area contributed by atoms with Crippen LogP contribution in [0.2, 0.25) is 0 Å². The fourth-order valence-electron chi connectivity index (χ4n) is 1.85. The van der Waals surface area contributed by atoms with E-state index in [-0.39, 0.29) is 5.91 Å². The van der Waals surface area contributed by atoms with Crippen LogP contribution in [0.15, 0.2) is 47.1 Å². The molecular formula is C15H15BrN2O. The molecule has 98 valence electrons. The number of pyridine rings is 1. The first-order chi connectivity index (χ1) is 9.06. The third-order valence-corrected chi connectivity index (χ3v) is 3.26. The molecule has 0 aliphatic heterocycles. The fourth-order valence-corrected chi connectivity index (χ4v) is 2.09. The second-order valence-corrected chi connectivity index (χ2v) is 5.43. The van der Waals surface area contributed by atoms with Crippen LogP contribution in [0.25, 0.3) is 0 Å². The smallest absolute Gasteiger partial charge is 0.272 e. The van der Waals surface area contributed by atoms with Crippen LogP contribution in [-0.4, -0.2) is 22.8 Å². The molecule has 1 heterocycles. The molecule has 2 rings (SSSR count). The number of nitrogens with zero attached hydrogens (tertiary/aromatic N) is 2. The lowest BCUT2D eigenvalue weighted by atomic mass is 10.1. The van der Waals surface area contributed by atoms with Crippen LogP contribution in [0.5, 0.6) is 0 Å². The molecule has 0 atom stereocenters. The van der Waals surface area contributed by atoms with E-state index >= 15 is 0 Å². The van der Waals surface area contributed by atoms with Gasteiger partial charge in [0.15, 0.2) is 0 Å². The third-order valence-electron chi connectivity index (χ3n) is 2.80. The number of hydrogen-bond acceptors (Lipinski definition) is 2. The Labute approximate surface area is 121 Å². The minimum Gasteiger partial charge on any atom is -0.336 e. The van der Waals surface area contributed by atoms with Gasteiger partial charge in [-0.3, -0.25) is 4.79 Å². The SMILES string of the molecule is Cc1cccc(CN(C)C(=O)c2ccc(Br)cn2)c1. The molecule has 4 heteroatoms. The summed E-state index contributed by atoms with van der Waals surface area (Å²) in [6.07, 6.45) is 1.63. The molecule has 0 aliphatic rings. The number of rotatable bonds is 3. The van der Waals surface area contributed by atoms with Crippen molar-refractivity contribution in [3.63, 3.8) is 0 Å². The minimum atomic E-state index is -0.0750. The van der Waals surface area contributed by atoms with Crippen LogP contribution in [0.1, 0.15) is 21.6 Å². The summed E-state index contributed by atoms with van der Waals surface area (Å²) >= 11 is 3.31. The van der Waals surface area contributed by atoms with Gasteiger partial charge < -0.3 is 4.90 Å². The van der Waals surface area contributed by atoms with Crippen molar-refractivity contribution >= 4 is 21.8 Å². The Morgan fingerprint density at radius 1 is 1.32 bits per heavy atom. The molecule has 0 aliphatic carbocycles. The van der Waals surface area contributed by atoms with Crippen LogP contribution in [0, 0.1) is 6.92 Å². The van der Waals surface area contributed by atoms with Crippen molar-refractivity contribution in [2.24, 2.45) is 0 Å². The molecule has 19 heavy (non-hydrogen) atoms. The molecule has 1 amide bonds. The zero-order valence-corrected chi connectivity index (χ0v) is 12.5. The predicted octanol–water partition coefficient (Wildman–Crippen LogP) is 3.42. The van der Waals surface area contributed by atoms with Gasteiger partial charge in [0, 0.05) is 24.3 Å². The van der Waals surface area contributed by atoms with Gasteiger partial charge in [0.2, 0.25) is 0 Å². The summed E-state index contributed by atoms with van der Waals surface area (Å²) < 4.78 is 0.866. The largest absolute Gasteiger partial charge is 0.336 e. The molecule has 0 fully saturated rings. The Morgan fingerprint density at radius 3 is 2.74 bits per heavy atom. The number of benzene rings is 1. The van der Waals surface area contributed by atoms with E-state index in [2.05, 4.69) is 27.0 Å². The van der Waals surface area contributed by atoms with Crippen molar-refractivity contribution in [3.8, 4) is 0 Å². The van der Waals surface area contributed by atoms with Crippen LogP contribution in [0.3, 0.4) is 0 Å². The molecule has 0 unspecified atom stereocenters. The second kappa shape index (κ2) is 5.97. The van der Waals surface area contributed by atoms with Gasteiger partial charge in [-0.05, 0) is 40.5 Å². The minimum absolute atomic E-state index is 0.0750. The predicted molar refractivity (Wildman–Crippen MR) is 78.9 cm³/mol. The average Bonchev–Trinajstić information content (AvgIpc) is 2.39. The van der Waals surface area contributed by atoms with E-state index < -0.39 is 0 Å². The number of aromatic nitrogens is 1. The van der Waals surface area contributed by atoms with Crippen LogP contribution < -0.4 is 0 Å². The summed E-state index contributed by atoms with van der Waals surface area (Å²) in [6.45, 7) is 2.62. The molecule has 0 N–H and O–H groups in total. The Morgan fingerprint density at radius 2 is 2.11 bits per heavy atom. The summed E-state index contributed by atoms with van der Waals surface area (Å²) in [6, 6.07) is 11.7. The Hall–Kier alpha value is -1.68. The van der Waals surface area contributed by atoms with Crippen LogP contribution in [0.4, 0.5) is 0 Å². The standard InChI is InChI=1S/C15H15BrN2O/c1-11-4-3-5-12(8-11)10-18(2)15(19)14-7-6-13(16)9-17-14/h3-9H,10H2,1-2H3. The van der Waals surface area contributed by atoms with Gasteiger partial charge in [-0.25, -0.2) is 4.98 Å². The number of aryl methyl sites for hydroxylation is 1. The third kappa shape index (κ3) is 3.64. The molecule has 2 aromatic rings. The molecule has 0 saturated carbocycles. The van der Waals surface area contributed by atoms with Gasteiger partial charge in [-0.2, -0.15) is 0 Å². The Kier molecular flexibility index (Phi) is 4.32. The molecule has 0 bridgehead atoms. The number of carbonyl (C=O) groups excluding carboxylic acids is 1. The van der Waals surface area contributed by atoms with Crippen molar-refractivity contribution in [1.29, 1.82) is 0 Å². The fraction of sp³-hybridized carbons (Fsp3) is 0.200. The van der Waals surface area contributed by atoms with E-state index in [1.165, 1.54) is 5.56 Å². The maximum atomic E-state index is 12.2. The molecule has 3 nitrogen and oxygen atoms in total. The van der Waals surface area contributed by atoms with E-state index in [0.717, 1.165) is 10.0 Å². The van der Waals surface area contributed by atoms with Gasteiger partial charge in [-0.15, -0.1) is 0 Å². The number of halogens is 1. The van der Waals surface area contributed by atoms with Crippen molar-refractivity contribution in [1.82, 2.24) is 9.88 Å². The van der Waals surface area contributed by atoms with Crippen molar-refractivity contribution < 1.29 is 4.79 Å². The van der Waals surface area contributed by atoms with Crippen molar-refractivity contribution in [2.75, 3.05) is 7.05 Å². The van der Waals surface area contributed by atoms with E-state index in [9.17, 15) is 4.79 Å². The zero-order chi connectivity index (χ0) is 13.8. The second-order valence-electron chi connectivity index (χ2n) is 4.51.